The molecular formula is C10H17N3. The molecule has 0 spiro atoms. The van der Waals surface area contributed by atoms with E-state index in [1.54, 1.807) is 6.08 Å². The monoisotopic (exact) mass is 179 g/mol. The highest BCUT2D eigenvalue weighted by molar-refractivity contribution is 5.62. The number of aromatic nitrogens is 2. The Bertz CT molecular complexity index is 269. The summed E-state index contributed by atoms with van der Waals surface area (Å²) >= 11 is 0. The average Bonchev–Trinajstić information content (AvgIpc) is 2.20. The van der Waals surface area contributed by atoms with E-state index in [4.69, 9.17) is 0 Å². The van der Waals surface area contributed by atoms with E-state index in [9.17, 15) is 0 Å². The molecular weight excluding hydrogens is 162 g/mol. The lowest BCUT2D eigenvalue weighted by Crippen LogP contribution is -1.98. The summed E-state index contributed by atoms with van der Waals surface area (Å²) in [5, 5.41) is 2.96. The van der Waals surface area contributed by atoms with Crippen molar-refractivity contribution in [2.45, 2.75) is 20.8 Å². The highest BCUT2D eigenvalue weighted by atomic mass is 15.0. The summed E-state index contributed by atoms with van der Waals surface area (Å²) in [5.74, 6) is 0.826. The van der Waals surface area contributed by atoms with Crippen molar-refractivity contribution in [3.05, 3.63) is 24.2 Å². The lowest BCUT2D eigenvalue weighted by Gasteiger charge is -2.04. The summed E-state index contributed by atoms with van der Waals surface area (Å²) in [6.07, 6.45) is 3.29. The van der Waals surface area contributed by atoms with Crippen LogP contribution >= 0.6 is 0 Å². The molecule has 0 aliphatic carbocycles. The topological polar surface area (TPSA) is 37.8 Å². The molecule has 1 rings (SSSR count). The minimum atomic E-state index is 0.826. The van der Waals surface area contributed by atoms with Gasteiger partial charge in [0.05, 0.1) is 5.69 Å². The smallest absolute Gasteiger partial charge is 0.136 e. The summed E-state index contributed by atoms with van der Waals surface area (Å²) in [5.41, 5.74) is 1.91. The lowest BCUT2D eigenvalue weighted by molar-refractivity contribution is 1.09. The van der Waals surface area contributed by atoms with Gasteiger partial charge >= 0.3 is 0 Å². The highest BCUT2D eigenvalue weighted by Gasteiger charge is 2.00. The van der Waals surface area contributed by atoms with Crippen LogP contribution in [0.25, 0.3) is 6.08 Å². The standard InChI is InChI=1S/C8H11N3.C2H6/c1-4-7-6(2)10-5-11-8(7)9-3;1-2/h4-5H,1H2,2-3H3,(H,9,10,11);1-2H3. The summed E-state index contributed by atoms with van der Waals surface area (Å²) in [6.45, 7) is 9.61. The molecule has 0 unspecified atom stereocenters. The molecule has 72 valence electrons. The van der Waals surface area contributed by atoms with Gasteiger partial charge in [0.15, 0.2) is 0 Å². The first-order chi connectivity index (χ1) is 6.29. The maximum Gasteiger partial charge on any atom is 0.136 e. The molecule has 0 aromatic carbocycles. The molecule has 0 atom stereocenters. The first kappa shape index (κ1) is 11.6. The molecule has 0 radical (unpaired) electrons. The van der Waals surface area contributed by atoms with Crippen LogP contribution in [0.15, 0.2) is 12.9 Å². The van der Waals surface area contributed by atoms with Crippen LogP contribution in [0.3, 0.4) is 0 Å². The van der Waals surface area contributed by atoms with Crippen molar-refractivity contribution in [2.75, 3.05) is 12.4 Å². The Morgan fingerprint density at radius 3 is 2.38 bits per heavy atom. The molecule has 0 fully saturated rings. The minimum absolute atomic E-state index is 0.826. The third kappa shape index (κ3) is 2.86. The molecule has 13 heavy (non-hydrogen) atoms. The number of hydrogen-bond donors (Lipinski definition) is 1. The van der Waals surface area contributed by atoms with E-state index < -0.39 is 0 Å². The number of anilines is 1. The molecule has 0 saturated carbocycles. The second kappa shape index (κ2) is 6.17. The predicted octanol–water partition coefficient (Wildman–Crippen LogP) is 2.50. The zero-order valence-corrected chi connectivity index (χ0v) is 8.76. The van der Waals surface area contributed by atoms with Gasteiger partial charge in [0.2, 0.25) is 0 Å². The SMILES string of the molecule is C=Cc1c(C)ncnc1NC.CC. The molecule has 3 nitrogen and oxygen atoms in total. The van der Waals surface area contributed by atoms with Gasteiger partial charge in [-0.05, 0) is 6.92 Å². The maximum atomic E-state index is 4.04. The normalized spacial score (nSPS) is 8.31. The zero-order chi connectivity index (χ0) is 10.3. The van der Waals surface area contributed by atoms with E-state index in [2.05, 4.69) is 21.9 Å². The Balaban J connectivity index is 0.000000671. The van der Waals surface area contributed by atoms with Crippen molar-refractivity contribution in [3.63, 3.8) is 0 Å². The van der Waals surface area contributed by atoms with Gasteiger partial charge < -0.3 is 5.32 Å². The molecule has 0 saturated heterocycles. The number of nitrogens with one attached hydrogen (secondary N) is 1. The number of hydrogen-bond acceptors (Lipinski definition) is 3. The van der Waals surface area contributed by atoms with Crippen LogP contribution in [0.4, 0.5) is 5.82 Å². The molecule has 0 aliphatic heterocycles. The van der Waals surface area contributed by atoms with Gasteiger partial charge in [-0.15, -0.1) is 0 Å². The highest BCUT2D eigenvalue weighted by Crippen LogP contribution is 2.14. The second-order valence-electron chi connectivity index (χ2n) is 2.18. The van der Waals surface area contributed by atoms with Crippen molar-refractivity contribution in [1.29, 1.82) is 0 Å². The van der Waals surface area contributed by atoms with Crippen LogP contribution in [-0.2, 0) is 0 Å². The van der Waals surface area contributed by atoms with Crippen LogP contribution in [0, 0.1) is 6.92 Å². The first-order valence-corrected chi connectivity index (χ1v) is 4.41. The predicted molar refractivity (Wildman–Crippen MR) is 57.8 cm³/mol. The molecule has 0 bridgehead atoms. The largest absolute Gasteiger partial charge is 0.373 e. The molecule has 1 aromatic rings. The molecule has 0 aliphatic rings. The fourth-order valence-electron chi connectivity index (χ4n) is 0.927. The van der Waals surface area contributed by atoms with Gasteiger partial charge in [0.1, 0.15) is 12.1 Å². The molecule has 1 heterocycles. The van der Waals surface area contributed by atoms with Crippen LogP contribution < -0.4 is 5.32 Å². The Labute approximate surface area is 79.9 Å². The van der Waals surface area contributed by atoms with E-state index in [0.717, 1.165) is 17.1 Å². The minimum Gasteiger partial charge on any atom is -0.373 e. The van der Waals surface area contributed by atoms with Gasteiger partial charge in [-0.25, -0.2) is 9.97 Å². The summed E-state index contributed by atoms with van der Waals surface area (Å²) < 4.78 is 0. The van der Waals surface area contributed by atoms with E-state index in [1.165, 1.54) is 6.33 Å². The molecule has 3 heteroatoms. The van der Waals surface area contributed by atoms with Crippen molar-refractivity contribution in [1.82, 2.24) is 9.97 Å². The Morgan fingerprint density at radius 2 is 2.00 bits per heavy atom. The van der Waals surface area contributed by atoms with Crippen LogP contribution in [0.1, 0.15) is 25.1 Å². The quantitative estimate of drug-likeness (QED) is 0.758. The van der Waals surface area contributed by atoms with Gasteiger partial charge in [0.25, 0.3) is 0 Å². The number of rotatable bonds is 2. The van der Waals surface area contributed by atoms with Gasteiger partial charge in [-0.3, -0.25) is 0 Å². The van der Waals surface area contributed by atoms with Gasteiger partial charge in [-0.1, -0.05) is 26.5 Å². The fraction of sp³-hybridized carbons (Fsp3) is 0.400. The Hall–Kier alpha value is -1.38. The van der Waals surface area contributed by atoms with Crippen LogP contribution in [0.2, 0.25) is 0 Å². The Morgan fingerprint density at radius 1 is 1.38 bits per heavy atom. The van der Waals surface area contributed by atoms with E-state index in [0.29, 0.717) is 0 Å². The summed E-state index contributed by atoms with van der Waals surface area (Å²) in [4.78, 5) is 8.07. The first-order valence-electron chi connectivity index (χ1n) is 4.41. The van der Waals surface area contributed by atoms with Gasteiger partial charge in [-0.2, -0.15) is 0 Å². The lowest BCUT2D eigenvalue weighted by atomic mass is 10.2. The average molecular weight is 179 g/mol. The molecule has 1 aromatic heterocycles. The molecule has 1 N–H and O–H groups in total. The number of aryl methyl sites for hydroxylation is 1. The maximum absolute atomic E-state index is 4.04. The summed E-state index contributed by atoms with van der Waals surface area (Å²) in [7, 11) is 1.83. The van der Waals surface area contributed by atoms with Crippen LogP contribution in [0.5, 0.6) is 0 Å². The number of nitrogens with zero attached hydrogens (tertiary/aromatic N) is 2. The van der Waals surface area contributed by atoms with Crippen molar-refractivity contribution >= 4 is 11.9 Å². The summed E-state index contributed by atoms with van der Waals surface area (Å²) in [6, 6.07) is 0. The van der Waals surface area contributed by atoms with E-state index >= 15 is 0 Å². The fourth-order valence-corrected chi connectivity index (χ4v) is 0.927. The second-order valence-corrected chi connectivity index (χ2v) is 2.18. The van der Waals surface area contributed by atoms with E-state index in [-0.39, 0.29) is 0 Å². The van der Waals surface area contributed by atoms with Gasteiger partial charge in [0, 0.05) is 12.6 Å². The Kier molecular flexibility index (Phi) is 5.52. The van der Waals surface area contributed by atoms with Crippen LogP contribution in [-0.4, -0.2) is 17.0 Å². The molecule has 0 amide bonds. The van der Waals surface area contributed by atoms with Crippen molar-refractivity contribution < 1.29 is 0 Å². The van der Waals surface area contributed by atoms with E-state index in [1.807, 2.05) is 27.8 Å². The third-order valence-corrected chi connectivity index (χ3v) is 1.52. The zero-order valence-electron chi connectivity index (χ0n) is 8.76. The third-order valence-electron chi connectivity index (χ3n) is 1.52. The van der Waals surface area contributed by atoms with Crippen molar-refractivity contribution in [3.8, 4) is 0 Å². The van der Waals surface area contributed by atoms with Crippen molar-refractivity contribution in [2.24, 2.45) is 0 Å².